The average Bonchev–Trinajstić information content (AvgIpc) is 2.17. The lowest BCUT2D eigenvalue weighted by Gasteiger charge is -2.07. The Morgan fingerprint density at radius 3 is 0.947 bits per heavy atom. The smallest absolute Gasteiger partial charge is 0.335 e. The molecule has 6 N–H and O–H groups in total. The van der Waals surface area contributed by atoms with Gasteiger partial charge in [-0.05, 0) is 27.7 Å². The molecule has 0 bridgehead atoms. The quantitative estimate of drug-likeness (QED) is 0.370. The zero-order chi connectivity index (χ0) is 16.4. The SMILES string of the molecule is CC(C)(O)C(=O)O.CC(O)C(=O)O.CC(O)C(=O)O. The summed E-state index contributed by atoms with van der Waals surface area (Å²) in [5.74, 6) is -3.57. The first-order valence-electron chi connectivity index (χ1n) is 5.01. The van der Waals surface area contributed by atoms with Gasteiger partial charge in [0.1, 0.15) is 12.2 Å². The summed E-state index contributed by atoms with van der Waals surface area (Å²) in [7, 11) is 0. The first kappa shape index (κ1) is 22.5. The highest BCUT2D eigenvalue weighted by atomic mass is 16.4. The highest BCUT2D eigenvalue weighted by molar-refractivity contribution is 5.75. The number of carbonyl (C=O) groups is 3. The third-order valence-electron chi connectivity index (χ3n) is 1.24. The lowest BCUT2D eigenvalue weighted by atomic mass is 10.1. The van der Waals surface area contributed by atoms with E-state index >= 15 is 0 Å². The molecule has 114 valence electrons. The van der Waals surface area contributed by atoms with Crippen LogP contribution in [0.2, 0.25) is 0 Å². The Hall–Kier alpha value is -1.71. The summed E-state index contributed by atoms with van der Waals surface area (Å²) in [6.45, 7) is 4.83. The van der Waals surface area contributed by atoms with Crippen LogP contribution in [-0.2, 0) is 14.4 Å². The molecule has 9 heteroatoms. The molecule has 0 aromatic rings. The maximum atomic E-state index is 9.77. The number of hydrogen-bond donors (Lipinski definition) is 6. The third kappa shape index (κ3) is 22.0. The molecule has 2 unspecified atom stereocenters. The van der Waals surface area contributed by atoms with Crippen molar-refractivity contribution in [1.29, 1.82) is 0 Å². The molecule has 0 saturated heterocycles. The highest BCUT2D eigenvalue weighted by Crippen LogP contribution is 1.97. The van der Waals surface area contributed by atoms with Crippen molar-refractivity contribution in [3.05, 3.63) is 0 Å². The fraction of sp³-hybridized carbons (Fsp3) is 0.700. The minimum Gasteiger partial charge on any atom is -0.479 e. The second kappa shape index (κ2) is 10.2. The van der Waals surface area contributed by atoms with Gasteiger partial charge in [-0.15, -0.1) is 0 Å². The van der Waals surface area contributed by atoms with Crippen molar-refractivity contribution < 1.29 is 45.0 Å². The number of aliphatic hydroxyl groups is 3. The van der Waals surface area contributed by atoms with Gasteiger partial charge < -0.3 is 30.6 Å². The van der Waals surface area contributed by atoms with E-state index in [0.29, 0.717) is 0 Å². The van der Waals surface area contributed by atoms with Crippen LogP contribution in [0.15, 0.2) is 0 Å². The minimum atomic E-state index is -1.58. The molecule has 0 saturated carbocycles. The van der Waals surface area contributed by atoms with E-state index in [4.69, 9.17) is 30.6 Å². The van der Waals surface area contributed by atoms with Crippen molar-refractivity contribution in [2.45, 2.75) is 45.5 Å². The molecule has 19 heavy (non-hydrogen) atoms. The zero-order valence-corrected chi connectivity index (χ0v) is 11.1. The van der Waals surface area contributed by atoms with Crippen LogP contribution < -0.4 is 0 Å². The van der Waals surface area contributed by atoms with Crippen LogP contribution >= 0.6 is 0 Å². The monoisotopic (exact) mass is 284 g/mol. The van der Waals surface area contributed by atoms with Crippen LogP contribution in [0.5, 0.6) is 0 Å². The molecule has 0 aromatic carbocycles. The van der Waals surface area contributed by atoms with Gasteiger partial charge in [0.15, 0.2) is 5.60 Å². The predicted molar refractivity (Wildman–Crippen MR) is 62.6 cm³/mol. The number of aliphatic hydroxyl groups excluding tert-OH is 2. The summed E-state index contributed by atoms with van der Waals surface area (Å²) in [6, 6.07) is 0. The Morgan fingerprint density at radius 1 is 0.842 bits per heavy atom. The maximum Gasteiger partial charge on any atom is 0.335 e. The Bertz CT molecular complexity index is 270. The van der Waals surface area contributed by atoms with Gasteiger partial charge in [-0.1, -0.05) is 0 Å². The molecule has 0 aliphatic heterocycles. The lowest BCUT2D eigenvalue weighted by molar-refractivity contribution is -0.154. The number of rotatable bonds is 3. The Labute approximate surface area is 109 Å². The first-order chi connectivity index (χ1) is 8.23. The topological polar surface area (TPSA) is 173 Å². The van der Waals surface area contributed by atoms with Crippen molar-refractivity contribution in [1.82, 2.24) is 0 Å². The van der Waals surface area contributed by atoms with Crippen molar-refractivity contribution in [2.24, 2.45) is 0 Å². The van der Waals surface area contributed by atoms with Crippen LogP contribution in [0.3, 0.4) is 0 Å². The molecule has 0 rings (SSSR count). The number of carboxylic acid groups (broad SMARTS) is 3. The molecule has 0 amide bonds. The summed E-state index contributed by atoms with van der Waals surface area (Å²) in [4.78, 5) is 28.7. The molecule has 0 aliphatic rings. The van der Waals surface area contributed by atoms with Crippen molar-refractivity contribution in [3.8, 4) is 0 Å². The standard InChI is InChI=1S/C4H8O3.2C3H6O3/c1-4(2,7)3(5)6;2*1-2(4)3(5)6/h7H,1-2H3,(H,5,6);2*2,4H,1H3,(H,5,6). The van der Waals surface area contributed by atoms with E-state index in [1.807, 2.05) is 0 Å². The van der Waals surface area contributed by atoms with Gasteiger partial charge in [-0.2, -0.15) is 0 Å². The number of hydrogen-bond acceptors (Lipinski definition) is 6. The van der Waals surface area contributed by atoms with E-state index in [0.717, 1.165) is 0 Å². The summed E-state index contributed by atoms with van der Waals surface area (Å²) in [5, 5.41) is 48.0. The van der Waals surface area contributed by atoms with E-state index in [2.05, 4.69) is 0 Å². The van der Waals surface area contributed by atoms with Gasteiger partial charge in [0.25, 0.3) is 0 Å². The van der Waals surface area contributed by atoms with Crippen molar-refractivity contribution in [2.75, 3.05) is 0 Å². The lowest BCUT2D eigenvalue weighted by Crippen LogP contribution is -2.30. The van der Waals surface area contributed by atoms with E-state index in [9.17, 15) is 14.4 Å². The number of aliphatic carboxylic acids is 3. The first-order valence-corrected chi connectivity index (χ1v) is 5.01. The van der Waals surface area contributed by atoms with E-state index in [1.54, 1.807) is 0 Å². The van der Waals surface area contributed by atoms with Crippen LogP contribution in [0.4, 0.5) is 0 Å². The molecule has 2 atom stereocenters. The van der Waals surface area contributed by atoms with Crippen molar-refractivity contribution in [3.63, 3.8) is 0 Å². The number of carboxylic acids is 3. The van der Waals surface area contributed by atoms with E-state index in [-0.39, 0.29) is 0 Å². The molecule has 0 fully saturated rings. The molecule has 0 spiro atoms. The Morgan fingerprint density at radius 2 is 0.947 bits per heavy atom. The second-order valence-electron chi connectivity index (χ2n) is 3.89. The summed E-state index contributed by atoms with van der Waals surface area (Å²) in [5.41, 5.74) is -1.58. The highest BCUT2D eigenvalue weighted by Gasteiger charge is 2.21. The third-order valence-corrected chi connectivity index (χ3v) is 1.24. The second-order valence-corrected chi connectivity index (χ2v) is 3.89. The summed E-state index contributed by atoms with van der Waals surface area (Å²) < 4.78 is 0. The van der Waals surface area contributed by atoms with Gasteiger partial charge in [0.05, 0.1) is 0 Å². The minimum absolute atomic E-state index is 1.19. The average molecular weight is 284 g/mol. The Kier molecular flexibility index (Phi) is 12.1. The van der Waals surface area contributed by atoms with Crippen LogP contribution in [0.25, 0.3) is 0 Å². The van der Waals surface area contributed by atoms with Gasteiger partial charge in [-0.3, -0.25) is 0 Å². The molecule has 0 aliphatic carbocycles. The molecule has 0 aromatic heterocycles. The molecule has 0 radical (unpaired) electrons. The summed E-state index contributed by atoms with van der Waals surface area (Å²) in [6.07, 6.45) is -2.46. The van der Waals surface area contributed by atoms with Crippen LogP contribution in [0.1, 0.15) is 27.7 Å². The zero-order valence-electron chi connectivity index (χ0n) is 11.1. The Balaban J connectivity index is -0.000000203. The fourth-order valence-corrected chi connectivity index (χ4v) is 0. The largest absolute Gasteiger partial charge is 0.479 e. The fourth-order valence-electron chi connectivity index (χ4n) is 0. The predicted octanol–water partition coefficient (Wildman–Crippen LogP) is -1.25. The van der Waals surface area contributed by atoms with E-state index < -0.39 is 35.7 Å². The molecule has 9 nitrogen and oxygen atoms in total. The molecule has 0 heterocycles. The van der Waals surface area contributed by atoms with Gasteiger partial charge in [0.2, 0.25) is 0 Å². The van der Waals surface area contributed by atoms with Gasteiger partial charge in [0, 0.05) is 0 Å². The normalized spacial score (nSPS) is 12.8. The summed E-state index contributed by atoms with van der Waals surface area (Å²) >= 11 is 0. The van der Waals surface area contributed by atoms with Crippen LogP contribution in [0, 0.1) is 0 Å². The van der Waals surface area contributed by atoms with E-state index in [1.165, 1.54) is 27.7 Å². The van der Waals surface area contributed by atoms with Crippen LogP contribution in [-0.4, -0.2) is 66.4 Å². The molecular weight excluding hydrogens is 264 g/mol. The van der Waals surface area contributed by atoms with Crippen molar-refractivity contribution >= 4 is 17.9 Å². The van der Waals surface area contributed by atoms with Gasteiger partial charge >= 0.3 is 17.9 Å². The molecular formula is C10H20O9. The maximum absolute atomic E-state index is 9.77. The van der Waals surface area contributed by atoms with Gasteiger partial charge in [-0.25, -0.2) is 14.4 Å².